The highest BCUT2D eigenvalue weighted by Gasteiger charge is 2.19. The molecule has 7 aromatic rings. The Hall–Kier alpha value is -6.13. The van der Waals surface area contributed by atoms with Gasteiger partial charge in [0.15, 0.2) is 17.5 Å². The van der Waals surface area contributed by atoms with E-state index >= 15 is 0 Å². The first-order chi connectivity index (χ1) is 23.1. The number of benzene rings is 5. The SMILES string of the molecule is C=C/C=C\C(=C/C)c1nc(-c2ccccc2)nc(-c2cccc3oc4ccc(-c5cccc(C=C)c5-c5ccccc5C)cc4c23)n1. The van der Waals surface area contributed by atoms with E-state index < -0.39 is 0 Å². The smallest absolute Gasteiger partial charge is 0.164 e. The Balaban J connectivity index is 1.48. The molecule has 2 heterocycles. The van der Waals surface area contributed by atoms with Crippen molar-refractivity contribution in [1.82, 2.24) is 15.0 Å². The maximum absolute atomic E-state index is 6.43. The second kappa shape index (κ2) is 12.7. The van der Waals surface area contributed by atoms with Crippen molar-refractivity contribution >= 4 is 33.6 Å². The molecule has 0 radical (unpaired) electrons. The van der Waals surface area contributed by atoms with Crippen LogP contribution in [0.2, 0.25) is 0 Å². The van der Waals surface area contributed by atoms with E-state index in [1.807, 2.05) is 73.7 Å². The molecular formula is C43H33N3O. The third kappa shape index (κ3) is 5.51. The van der Waals surface area contributed by atoms with Crippen molar-refractivity contribution < 1.29 is 4.42 Å². The molecule has 0 aliphatic heterocycles. The highest BCUT2D eigenvalue weighted by Crippen LogP contribution is 2.41. The Morgan fingerprint density at radius 3 is 2.21 bits per heavy atom. The number of nitrogens with zero attached hydrogens (tertiary/aromatic N) is 3. The Bertz CT molecular complexity index is 2360. The molecule has 0 unspecified atom stereocenters. The lowest BCUT2D eigenvalue weighted by atomic mass is 9.88. The molecule has 2 aromatic heterocycles. The van der Waals surface area contributed by atoms with Crippen LogP contribution < -0.4 is 0 Å². The fraction of sp³-hybridized carbons (Fsp3) is 0.0465. The molecule has 0 amide bonds. The van der Waals surface area contributed by atoms with E-state index in [1.165, 1.54) is 11.1 Å². The first-order valence-corrected chi connectivity index (χ1v) is 15.6. The molecule has 5 aromatic carbocycles. The van der Waals surface area contributed by atoms with Gasteiger partial charge >= 0.3 is 0 Å². The zero-order valence-electron chi connectivity index (χ0n) is 26.4. The van der Waals surface area contributed by atoms with Gasteiger partial charge in [-0.15, -0.1) is 0 Å². The van der Waals surface area contributed by atoms with Crippen molar-refractivity contribution in [2.24, 2.45) is 0 Å². The van der Waals surface area contributed by atoms with Crippen LogP contribution in [-0.2, 0) is 0 Å². The second-order valence-corrected chi connectivity index (χ2v) is 11.3. The predicted molar refractivity (Wildman–Crippen MR) is 197 cm³/mol. The minimum absolute atomic E-state index is 0.577. The first-order valence-electron chi connectivity index (χ1n) is 15.6. The maximum atomic E-state index is 6.43. The van der Waals surface area contributed by atoms with Gasteiger partial charge in [0.05, 0.1) is 0 Å². The first kappa shape index (κ1) is 29.6. The summed E-state index contributed by atoms with van der Waals surface area (Å²) in [6.45, 7) is 12.1. The summed E-state index contributed by atoms with van der Waals surface area (Å²) in [6, 6.07) is 37.3. The number of furan rings is 1. The van der Waals surface area contributed by atoms with Crippen LogP contribution in [0.25, 0.3) is 78.6 Å². The average Bonchev–Trinajstić information content (AvgIpc) is 3.50. The molecule has 0 atom stereocenters. The van der Waals surface area contributed by atoms with Gasteiger partial charge in [0.1, 0.15) is 11.2 Å². The van der Waals surface area contributed by atoms with Crippen molar-refractivity contribution in [2.75, 3.05) is 0 Å². The Kier molecular flexibility index (Phi) is 7.99. The molecule has 0 bridgehead atoms. The largest absolute Gasteiger partial charge is 0.456 e. The van der Waals surface area contributed by atoms with Crippen LogP contribution in [-0.4, -0.2) is 15.0 Å². The number of allylic oxidation sites excluding steroid dienone is 5. The molecule has 0 fully saturated rings. The minimum Gasteiger partial charge on any atom is -0.456 e. The van der Waals surface area contributed by atoms with Crippen LogP contribution in [0.1, 0.15) is 23.9 Å². The van der Waals surface area contributed by atoms with Gasteiger partial charge in [-0.3, -0.25) is 0 Å². The summed E-state index contributed by atoms with van der Waals surface area (Å²) in [5.74, 6) is 1.77. The maximum Gasteiger partial charge on any atom is 0.164 e. The summed E-state index contributed by atoms with van der Waals surface area (Å²) in [5.41, 5.74) is 11.1. The average molecular weight is 608 g/mol. The Morgan fingerprint density at radius 1 is 0.681 bits per heavy atom. The molecule has 0 saturated heterocycles. The summed E-state index contributed by atoms with van der Waals surface area (Å²) in [5, 5.41) is 1.95. The monoisotopic (exact) mass is 607 g/mol. The molecule has 47 heavy (non-hydrogen) atoms. The van der Waals surface area contributed by atoms with E-state index in [2.05, 4.69) is 86.8 Å². The zero-order chi connectivity index (χ0) is 32.3. The van der Waals surface area contributed by atoms with Gasteiger partial charge in [-0.2, -0.15) is 0 Å². The van der Waals surface area contributed by atoms with Crippen LogP contribution >= 0.6 is 0 Å². The lowest BCUT2D eigenvalue weighted by Gasteiger charge is -2.16. The van der Waals surface area contributed by atoms with E-state index in [0.717, 1.165) is 60.9 Å². The van der Waals surface area contributed by atoms with Gasteiger partial charge in [-0.1, -0.05) is 135 Å². The lowest BCUT2D eigenvalue weighted by molar-refractivity contribution is 0.669. The summed E-state index contributed by atoms with van der Waals surface area (Å²) in [4.78, 5) is 14.9. The molecule has 0 aliphatic rings. The molecule has 4 heteroatoms. The molecule has 0 N–H and O–H groups in total. The predicted octanol–water partition coefficient (Wildman–Crippen LogP) is 11.5. The van der Waals surface area contributed by atoms with Gasteiger partial charge in [0, 0.05) is 27.5 Å². The Labute approximate surface area is 274 Å². The van der Waals surface area contributed by atoms with Crippen molar-refractivity contribution in [1.29, 1.82) is 0 Å². The standard InChI is InChI=1S/C43H33N3O/c1-5-8-17-30(7-3)41-44-42(31-18-10-9-11-19-31)46-43(45-41)35-23-15-24-38-40(35)36-27-32(25-26-37(36)47-38)34-22-14-20-29(6-2)39(34)33-21-13-12-16-28(33)4/h5-27H,1-2H2,3-4H3/b17-8-,30-7+. The van der Waals surface area contributed by atoms with Crippen LogP contribution in [0.4, 0.5) is 0 Å². The minimum atomic E-state index is 0.577. The second-order valence-electron chi connectivity index (χ2n) is 11.3. The molecule has 0 saturated carbocycles. The number of hydrogen-bond acceptors (Lipinski definition) is 4. The van der Waals surface area contributed by atoms with Gasteiger partial charge in [-0.25, -0.2) is 15.0 Å². The molecule has 0 spiro atoms. The van der Waals surface area contributed by atoms with Gasteiger partial charge < -0.3 is 4.42 Å². The molecule has 226 valence electrons. The third-order valence-electron chi connectivity index (χ3n) is 8.43. The van der Waals surface area contributed by atoms with Crippen LogP contribution in [0.15, 0.2) is 151 Å². The van der Waals surface area contributed by atoms with Gasteiger partial charge in [0.25, 0.3) is 0 Å². The topological polar surface area (TPSA) is 51.8 Å². The fourth-order valence-corrected chi connectivity index (χ4v) is 6.13. The van der Waals surface area contributed by atoms with E-state index in [0.29, 0.717) is 17.5 Å². The highest BCUT2D eigenvalue weighted by molar-refractivity contribution is 6.13. The highest BCUT2D eigenvalue weighted by atomic mass is 16.3. The summed E-state index contributed by atoms with van der Waals surface area (Å²) < 4.78 is 6.43. The summed E-state index contributed by atoms with van der Waals surface area (Å²) in [6.07, 6.45) is 9.52. The zero-order valence-corrected chi connectivity index (χ0v) is 26.4. The third-order valence-corrected chi connectivity index (χ3v) is 8.43. The summed E-state index contributed by atoms with van der Waals surface area (Å²) >= 11 is 0. The number of fused-ring (bicyclic) bond motifs is 3. The molecular weight excluding hydrogens is 574 g/mol. The van der Waals surface area contributed by atoms with Gasteiger partial charge in [0.2, 0.25) is 0 Å². The van der Waals surface area contributed by atoms with Crippen LogP contribution in [0.3, 0.4) is 0 Å². The van der Waals surface area contributed by atoms with Gasteiger partial charge in [-0.05, 0) is 65.4 Å². The fourth-order valence-electron chi connectivity index (χ4n) is 6.13. The number of hydrogen-bond donors (Lipinski definition) is 0. The normalized spacial score (nSPS) is 11.8. The van der Waals surface area contributed by atoms with Crippen LogP contribution in [0, 0.1) is 6.92 Å². The van der Waals surface area contributed by atoms with Crippen molar-refractivity contribution in [3.05, 3.63) is 164 Å². The molecule has 0 aliphatic carbocycles. The van der Waals surface area contributed by atoms with Crippen molar-refractivity contribution in [3.63, 3.8) is 0 Å². The molecule has 4 nitrogen and oxygen atoms in total. The summed E-state index contributed by atoms with van der Waals surface area (Å²) in [7, 11) is 0. The number of rotatable bonds is 8. The number of aryl methyl sites for hydroxylation is 1. The van der Waals surface area contributed by atoms with Crippen molar-refractivity contribution in [3.8, 4) is 45.0 Å². The quantitative estimate of drug-likeness (QED) is 0.161. The van der Waals surface area contributed by atoms with E-state index in [4.69, 9.17) is 19.4 Å². The van der Waals surface area contributed by atoms with E-state index in [-0.39, 0.29) is 0 Å². The Morgan fingerprint density at radius 2 is 1.43 bits per heavy atom. The van der Waals surface area contributed by atoms with E-state index in [9.17, 15) is 0 Å². The van der Waals surface area contributed by atoms with Crippen LogP contribution in [0.5, 0.6) is 0 Å². The van der Waals surface area contributed by atoms with Crippen molar-refractivity contribution in [2.45, 2.75) is 13.8 Å². The lowest BCUT2D eigenvalue weighted by Crippen LogP contribution is -2.02. The molecule has 7 rings (SSSR count). The van der Waals surface area contributed by atoms with E-state index in [1.54, 1.807) is 6.08 Å². The number of aromatic nitrogens is 3.